The molecule has 8 heteroatoms. The molecule has 2 aliphatic heterocycles. The summed E-state index contributed by atoms with van der Waals surface area (Å²) >= 11 is 0. The van der Waals surface area contributed by atoms with E-state index in [1.54, 1.807) is 0 Å². The molecule has 2 aromatic heterocycles. The molecule has 0 radical (unpaired) electrons. The maximum Gasteiger partial charge on any atom is 0.259 e. The number of nitrogens with zero attached hydrogens (tertiary/aromatic N) is 4. The summed E-state index contributed by atoms with van der Waals surface area (Å²) in [6.45, 7) is 7.94. The number of carbonyl (C=O) groups is 2. The zero-order chi connectivity index (χ0) is 28.9. The number of rotatable bonds is 12. The first-order valence-electron chi connectivity index (χ1n) is 15.2. The molecule has 8 nitrogen and oxygen atoms in total. The molecule has 1 saturated heterocycles. The number of nitrogens with one attached hydrogen (secondary N) is 1. The molecule has 1 fully saturated rings. The van der Waals surface area contributed by atoms with Crippen molar-refractivity contribution in [3.05, 3.63) is 84.1 Å². The third-order valence-corrected chi connectivity index (χ3v) is 8.44. The number of unbranched alkanes of at least 4 members (excludes halogenated alkanes) is 1. The van der Waals surface area contributed by atoms with E-state index in [1.165, 1.54) is 32.4 Å². The fraction of sp³-hybridized carbons (Fsp3) is 0.382. The number of piperidine rings is 1. The molecule has 0 bridgehead atoms. The summed E-state index contributed by atoms with van der Waals surface area (Å²) < 4.78 is 10.3. The maximum atomic E-state index is 13.2. The minimum atomic E-state index is -0.367. The minimum Gasteiger partial charge on any atom is -0.494 e. The molecule has 2 aliphatic rings. The van der Waals surface area contributed by atoms with Gasteiger partial charge in [0.15, 0.2) is 0 Å². The average Bonchev–Trinajstić information content (AvgIpc) is 3.68. The second kappa shape index (κ2) is 12.8. The minimum absolute atomic E-state index is 0.360. The summed E-state index contributed by atoms with van der Waals surface area (Å²) in [6.07, 6.45) is 12.8. The Hall–Kier alpha value is -4.17. The van der Waals surface area contributed by atoms with Crippen molar-refractivity contribution in [2.24, 2.45) is 0 Å². The Labute approximate surface area is 247 Å². The number of aryl methyl sites for hydroxylation is 3. The molecule has 42 heavy (non-hydrogen) atoms. The number of imide groups is 1. The third-order valence-electron chi connectivity index (χ3n) is 8.44. The number of likely N-dealkylation sites (tertiary alicyclic amines) is 1. The monoisotopic (exact) mass is 565 g/mol. The zero-order valence-electron chi connectivity index (χ0n) is 24.3. The van der Waals surface area contributed by atoms with Crippen molar-refractivity contribution in [3.63, 3.8) is 0 Å². The molecule has 0 saturated carbocycles. The van der Waals surface area contributed by atoms with Gasteiger partial charge in [-0.05, 0) is 82.4 Å². The van der Waals surface area contributed by atoms with Gasteiger partial charge < -0.3 is 18.8 Å². The van der Waals surface area contributed by atoms with Crippen LogP contribution in [0.3, 0.4) is 0 Å². The number of carbonyl (C=O) groups excluding carboxylic acids is 2. The number of imidazole rings is 1. The summed E-state index contributed by atoms with van der Waals surface area (Å²) in [5, 5.41) is 3.50. The standard InChI is InChI=1S/C34H39N5O3/c1-25-22-35-24-39(25)20-9-19-38-23-29(28-10-3-4-11-30(28)38)32-31(33(40)36-34(32)41)26-12-14-27(15-13-26)42-21-8-7-18-37-16-5-2-6-17-37/h3-4,10-15,22-24H,2,5-9,16-21H2,1H3,(H,36,40,41). The molecule has 0 atom stereocenters. The van der Waals surface area contributed by atoms with Gasteiger partial charge >= 0.3 is 0 Å². The highest BCUT2D eigenvalue weighted by Crippen LogP contribution is 2.36. The highest BCUT2D eigenvalue weighted by atomic mass is 16.5. The van der Waals surface area contributed by atoms with Gasteiger partial charge in [-0.15, -0.1) is 0 Å². The smallest absolute Gasteiger partial charge is 0.259 e. The highest BCUT2D eigenvalue weighted by Gasteiger charge is 2.33. The zero-order valence-corrected chi connectivity index (χ0v) is 24.3. The van der Waals surface area contributed by atoms with Gasteiger partial charge in [0.25, 0.3) is 11.8 Å². The van der Waals surface area contributed by atoms with E-state index >= 15 is 0 Å². The quantitative estimate of drug-likeness (QED) is 0.183. The summed E-state index contributed by atoms with van der Waals surface area (Å²) in [4.78, 5) is 33.0. The van der Waals surface area contributed by atoms with Crippen molar-refractivity contribution in [1.29, 1.82) is 0 Å². The van der Waals surface area contributed by atoms with Crippen LogP contribution in [0.15, 0.2) is 67.3 Å². The Bertz CT molecular complexity index is 1590. The Kier molecular flexibility index (Phi) is 8.51. The number of para-hydroxylation sites is 1. The summed E-state index contributed by atoms with van der Waals surface area (Å²) in [6, 6.07) is 15.6. The Morgan fingerprint density at radius 1 is 0.833 bits per heavy atom. The van der Waals surface area contributed by atoms with E-state index in [-0.39, 0.29) is 11.8 Å². The molecular weight excluding hydrogens is 526 g/mol. The van der Waals surface area contributed by atoms with E-state index in [2.05, 4.69) is 37.3 Å². The van der Waals surface area contributed by atoms with Crippen molar-refractivity contribution in [3.8, 4) is 5.75 Å². The van der Waals surface area contributed by atoms with E-state index in [4.69, 9.17) is 4.74 Å². The second-order valence-corrected chi connectivity index (χ2v) is 11.4. The topological polar surface area (TPSA) is 81.4 Å². The van der Waals surface area contributed by atoms with Crippen LogP contribution in [0.25, 0.3) is 22.0 Å². The first-order valence-corrected chi connectivity index (χ1v) is 15.2. The Morgan fingerprint density at radius 2 is 1.60 bits per heavy atom. The number of amides is 2. The predicted molar refractivity (Wildman–Crippen MR) is 165 cm³/mol. The van der Waals surface area contributed by atoms with Crippen LogP contribution in [0.1, 0.15) is 55.3 Å². The number of aromatic nitrogens is 3. The molecule has 0 spiro atoms. The van der Waals surface area contributed by atoms with E-state index in [9.17, 15) is 9.59 Å². The summed E-state index contributed by atoms with van der Waals surface area (Å²) in [5.74, 6) is 0.0445. The van der Waals surface area contributed by atoms with E-state index in [0.717, 1.165) is 66.8 Å². The molecule has 4 heterocycles. The predicted octanol–water partition coefficient (Wildman–Crippen LogP) is 5.45. The molecule has 6 rings (SSSR count). The van der Waals surface area contributed by atoms with Crippen LogP contribution in [0, 0.1) is 6.92 Å². The van der Waals surface area contributed by atoms with Gasteiger partial charge in [-0.25, -0.2) is 4.98 Å². The van der Waals surface area contributed by atoms with Gasteiger partial charge in [-0.3, -0.25) is 14.9 Å². The van der Waals surface area contributed by atoms with E-state index in [1.807, 2.05) is 61.2 Å². The molecule has 0 aliphatic carbocycles. The number of ether oxygens (including phenoxy) is 1. The summed E-state index contributed by atoms with van der Waals surface area (Å²) in [7, 11) is 0. The van der Waals surface area contributed by atoms with Crippen LogP contribution in [0.2, 0.25) is 0 Å². The Balaban J connectivity index is 1.17. The lowest BCUT2D eigenvalue weighted by Gasteiger charge is -2.26. The lowest BCUT2D eigenvalue weighted by atomic mass is 9.96. The second-order valence-electron chi connectivity index (χ2n) is 11.4. The van der Waals surface area contributed by atoms with Crippen molar-refractivity contribution < 1.29 is 14.3 Å². The third kappa shape index (κ3) is 6.04. The molecule has 2 aromatic carbocycles. The Morgan fingerprint density at radius 3 is 2.38 bits per heavy atom. The summed E-state index contributed by atoms with van der Waals surface area (Å²) in [5.41, 5.74) is 4.48. The van der Waals surface area contributed by atoms with Crippen molar-refractivity contribution >= 4 is 33.9 Å². The van der Waals surface area contributed by atoms with Gasteiger partial charge in [-0.2, -0.15) is 0 Å². The normalized spacial score (nSPS) is 16.0. The van der Waals surface area contributed by atoms with Crippen LogP contribution in [-0.4, -0.2) is 57.1 Å². The van der Waals surface area contributed by atoms with Crippen LogP contribution >= 0.6 is 0 Å². The number of hydrogen-bond donors (Lipinski definition) is 1. The first-order chi connectivity index (χ1) is 20.6. The number of fused-ring (bicyclic) bond motifs is 1. The van der Waals surface area contributed by atoms with Gasteiger partial charge in [0, 0.05) is 47.6 Å². The van der Waals surface area contributed by atoms with Crippen molar-refractivity contribution in [2.45, 2.75) is 58.5 Å². The SMILES string of the molecule is Cc1cncn1CCCn1cc(C2=C(c3ccc(OCCCCN4CCCCC4)cc3)C(=O)NC2=O)c2ccccc21. The average molecular weight is 566 g/mol. The molecule has 4 aromatic rings. The first kappa shape index (κ1) is 28.0. The number of hydrogen-bond acceptors (Lipinski definition) is 5. The van der Waals surface area contributed by atoms with Crippen LogP contribution < -0.4 is 10.1 Å². The molecule has 0 unspecified atom stereocenters. The molecule has 2 amide bonds. The van der Waals surface area contributed by atoms with Crippen LogP contribution in [-0.2, 0) is 22.7 Å². The lowest BCUT2D eigenvalue weighted by molar-refractivity contribution is -0.122. The van der Waals surface area contributed by atoms with E-state index in [0.29, 0.717) is 23.3 Å². The van der Waals surface area contributed by atoms with Crippen LogP contribution in [0.5, 0.6) is 5.75 Å². The fourth-order valence-corrected chi connectivity index (χ4v) is 6.18. The largest absolute Gasteiger partial charge is 0.494 e. The maximum absolute atomic E-state index is 13.2. The van der Waals surface area contributed by atoms with Gasteiger partial charge in [0.2, 0.25) is 0 Å². The van der Waals surface area contributed by atoms with Gasteiger partial charge in [0.1, 0.15) is 5.75 Å². The van der Waals surface area contributed by atoms with Gasteiger partial charge in [-0.1, -0.05) is 36.8 Å². The molecular formula is C34H39N5O3. The van der Waals surface area contributed by atoms with Gasteiger partial charge in [0.05, 0.1) is 24.1 Å². The molecule has 1 N–H and O–H groups in total. The van der Waals surface area contributed by atoms with Crippen LogP contribution in [0.4, 0.5) is 0 Å². The van der Waals surface area contributed by atoms with Crippen molar-refractivity contribution in [2.75, 3.05) is 26.2 Å². The number of benzene rings is 2. The van der Waals surface area contributed by atoms with E-state index < -0.39 is 0 Å². The highest BCUT2D eigenvalue weighted by molar-refractivity contribution is 6.50. The fourth-order valence-electron chi connectivity index (χ4n) is 6.18. The molecule has 218 valence electrons. The lowest BCUT2D eigenvalue weighted by Crippen LogP contribution is -2.30. The van der Waals surface area contributed by atoms with Crippen molar-refractivity contribution in [1.82, 2.24) is 24.3 Å².